The van der Waals surface area contributed by atoms with Crippen molar-refractivity contribution in [2.45, 2.75) is 90.4 Å². The summed E-state index contributed by atoms with van der Waals surface area (Å²) in [5.74, 6) is 0. The van der Waals surface area contributed by atoms with Crippen LogP contribution in [0.15, 0.2) is 12.2 Å². The fraction of sp³-hybridized carbons (Fsp3) is 0.875. The monoisotopic (exact) mass is 334 g/mol. The first-order valence-electron chi connectivity index (χ1n) is 7.93. The van der Waals surface area contributed by atoms with Crippen molar-refractivity contribution < 1.29 is 26.3 Å². The van der Waals surface area contributed by atoms with E-state index in [0.717, 1.165) is 38.5 Å². The third-order valence-electron chi connectivity index (χ3n) is 2.84. The molecule has 0 aromatic rings. The lowest BCUT2D eigenvalue weighted by molar-refractivity contribution is -0.135. The highest BCUT2D eigenvalue weighted by molar-refractivity contribution is 4.88. The molecule has 0 aliphatic heterocycles. The molecule has 0 aromatic heterocycles. The summed E-state index contributed by atoms with van der Waals surface area (Å²) in [6, 6.07) is 0. The van der Waals surface area contributed by atoms with Crippen molar-refractivity contribution in [2.75, 3.05) is 0 Å². The van der Waals surface area contributed by atoms with E-state index in [-0.39, 0.29) is 0 Å². The summed E-state index contributed by atoms with van der Waals surface area (Å²) < 4.78 is 69.1. The highest BCUT2D eigenvalue weighted by Gasteiger charge is 2.25. The Morgan fingerprint density at radius 2 is 1.18 bits per heavy atom. The van der Waals surface area contributed by atoms with Gasteiger partial charge in [0.15, 0.2) is 0 Å². The summed E-state index contributed by atoms with van der Waals surface area (Å²) in [7, 11) is 0. The second kappa shape index (κ2) is 13.9. The topological polar surface area (TPSA) is 0 Å². The molecule has 0 fully saturated rings. The van der Waals surface area contributed by atoms with Gasteiger partial charge in [-0.15, -0.1) is 0 Å². The van der Waals surface area contributed by atoms with Gasteiger partial charge in [-0.2, -0.15) is 26.3 Å². The van der Waals surface area contributed by atoms with Crippen LogP contribution in [0.4, 0.5) is 26.3 Å². The molecule has 0 N–H and O–H groups in total. The maximum absolute atomic E-state index is 11.6. The Bertz CT molecular complexity index is 252. The molecular formula is C16H28F6. The number of halogens is 6. The number of allylic oxidation sites excluding steroid dienone is 2. The lowest BCUT2D eigenvalue weighted by atomic mass is 10.1. The predicted molar refractivity (Wildman–Crippen MR) is 78.8 cm³/mol. The third-order valence-corrected chi connectivity index (χ3v) is 2.84. The van der Waals surface area contributed by atoms with Crippen LogP contribution in [0.3, 0.4) is 0 Å². The predicted octanol–water partition coefficient (Wildman–Crippen LogP) is 7.59. The van der Waals surface area contributed by atoms with Gasteiger partial charge >= 0.3 is 12.4 Å². The molecule has 0 radical (unpaired) electrons. The fourth-order valence-electron chi connectivity index (χ4n) is 1.66. The molecule has 0 heterocycles. The van der Waals surface area contributed by atoms with Gasteiger partial charge in [0.05, 0.1) is 0 Å². The lowest BCUT2D eigenvalue weighted by Gasteiger charge is -2.04. The maximum Gasteiger partial charge on any atom is 0.409 e. The van der Waals surface area contributed by atoms with Crippen LogP contribution in [-0.2, 0) is 0 Å². The molecule has 0 spiro atoms. The Labute approximate surface area is 130 Å². The quantitative estimate of drug-likeness (QED) is 0.231. The second-order valence-electron chi connectivity index (χ2n) is 5.22. The first kappa shape index (κ1) is 23.6. The summed E-state index contributed by atoms with van der Waals surface area (Å²) in [5.41, 5.74) is 0. The normalized spacial score (nSPS) is 12.4. The molecule has 0 rings (SSSR count). The van der Waals surface area contributed by atoms with E-state index < -0.39 is 18.8 Å². The summed E-state index contributed by atoms with van der Waals surface area (Å²) in [4.78, 5) is 0. The zero-order valence-electron chi connectivity index (χ0n) is 13.5. The van der Waals surface area contributed by atoms with Crippen LogP contribution >= 0.6 is 0 Å². The van der Waals surface area contributed by atoms with E-state index >= 15 is 0 Å². The van der Waals surface area contributed by atoms with Crippen molar-refractivity contribution in [3.05, 3.63) is 12.2 Å². The Kier molecular flexibility index (Phi) is 15.0. The highest BCUT2D eigenvalue weighted by atomic mass is 19.4. The van der Waals surface area contributed by atoms with Crippen molar-refractivity contribution >= 4 is 0 Å². The van der Waals surface area contributed by atoms with Crippen molar-refractivity contribution in [1.29, 1.82) is 0 Å². The van der Waals surface area contributed by atoms with Crippen molar-refractivity contribution in [3.63, 3.8) is 0 Å². The van der Waals surface area contributed by atoms with E-state index in [2.05, 4.69) is 0 Å². The van der Waals surface area contributed by atoms with E-state index in [0.29, 0.717) is 25.3 Å². The molecule has 0 amide bonds. The standard InChI is InChI=1S/C8H15F3.C8H13F3/c2*1-2-3-4-5-6-7-8(9,10)11/h2-7H2,1H3;6-7H,2-5H2,1H3. The molecule has 0 bridgehead atoms. The number of alkyl halides is 6. The number of unbranched alkanes of at least 4 members (excludes halogenated alkanes) is 7. The van der Waals surface area contributed by atoms with Crippen molar-refractivity contribution in [3.8, 4) is 0 Å². The SMILES string of the molecule is CCCCCC=CC(F)(F)F.CCCCCCCC(F)(F)F. The van der Waals surface area contributed by atoms with E-state index in [1.54, 1.807) is 0 Å². The third kappa shape index (κ3) is 27.6. The van der Waals surface area contributed by atoms with Crippen LogP contribution in [0.2, 0.25) is 0 Å². The van der Waals surface area contributed by atoms with E-state index in [9.17, 15) is 26.3 Å². The first-order chi connectivity index (χ1) is 10.1. The van der Waals surface area contributed by atoms with Crippen LogP contribution in [-0.4, -0.2) is 12.4 Å². The molecule has 0 nitrogen and oxygen atoms in total. The minimum absolute atomic E-state index is 0.295. The largest absolute Gasteiger partial charge is 0.409 e. The molecule has 0 unspecified atom stereocenters. The molecule has 0 atom stereocenters. The average Bonchev–Trinajstić information content (AvgIpc) is 2.36. The zero-order chi connectivity index (χ0) is 17.5. The van der Waals surface area contributed by atoms with Gasteiger partial charge in [0, 0.05) is 12.5 Å². The molecule has 22 heavy (non-hydrogen) atoms. The molecule has 0 saturated heterocycles. The van der Waals surface area contributed by atoms with Gasteiger partial charge in [-0.25, -0.2) is 0 Å². The van der Waals surface area contributed by atoms with Gasteiger partial charge in [-0.05, 0) is 19.3 Å². The van der Waals surface area contributed by atoms with E-state index in [4.69, 9.17) is 0 Å². The Morgan fingerprint density at radius 1 is 0.682 bits per heavy atom. The Balaban J connectivity index is 0. The van der Waals surface area contributed by atoms with Gasteiger partial charge in [-0.3, -0.25) is 0 Å². The van der Waals surface area contributed by atoms with Crippen molar-refractivity contribution in [1.82, 2.24) is 0 Å². The summed E-state index contributed by atoms with van der Waals surface area (Å²) in [6.07, 6.45) is 0.305. The Morgan fingerprint density at radius 3 is 1.64 bits per heavy atom. The van der Waals surface area contributed by atoms with Crippen LogP contribution in [0.1, 0.15) is 78.1 Å². The van der Waals surface area contributed by atoms with E-state index in [1.165, 1.54) is 6.08 Å². The molecule has 134 valence electrons. The number of rotatable bonds is 9. The molecule has 0 aliphatic carbocycles. The average molecular weight is 334 g/mol. The summed E-state index contributed by atoms with van der Waals surface area (Å²) in [5, 5.41) is 0. The summed E-state index contributed by atoms with van der Waals surface area (Å²) >= 11 is 0. The van der Waals surface area contributed by atoms with Crippen LogP contribution in [0, 0.1) is 0 Å². The van der Waals surface area contributed by atoms with Gasteiger partial charge in [-0.1, -0.05) is 58.4 Å². The first-order valence-corrected chi connectivity index (χ1v) is 7.93. The highest BCUT2D eigenvalue weighted by Crippen LogP contribution is 2.22. The van der Waals surface area contributed by atoms with Gasteiger partial charge in [0.2, 0.25) is 0 Å². The van der Waals surface area contributed by atoms with Gasteiger partial charge in [0.25, 0.3) is 0 Å². The minimum atomic E-state index is -4.13. The smallest absolute Gasteiger partial charge is 0.171 e. The van der Waals surface area contributed by atoms with Crippen LogP contribution < -0.4 is 0 Å². The molecule has 0 aromatic carbocycles. The number of hydrogen-bond donors (Lipinski definition) is 0. The molecule has 0 aliphatic rings. The van der Waals surface area contributed by atoms with Crippen LogP contribution in [0.25, 0.3) is 0 Å². The molecule has 0 saturated carbocycles. The van der Waals surface area contributed by atoms with Gasteiger partial charge in [0.1, 0.15) is 0 Å². The zero-order valence-corrected chi connectivity index (χ0v) is 13.5. The number of hydrogen-bond acceptors (Lipinski definition) is 0. The molecule has 6 heteroatoms. The maximum atomic E-state index is 11.6. The lowest BCUT2D eigenvalue weighted by Crippen LogP contribution is -2.06. The Hall–Kier alpha value is -0.680. The van der Waals surface area contributed by atoms with E-state index in [1.807, 2.05) is 13.8 Å². The summed E-state index contributed by atoms with van der Waals surface area (Å²) in [6.45, 7) is 4.07. The minimum Gasteiger partial charge on any atom is -0.171 e. The van der Waals surface area contributed by atoms with Crippen molar-refractivity contribution in [2.24, 2.45) is 0 Å². The van der Waals surface area contributed by atoms with Crippen LogP contribution in [0.5, 0.6) is 0 Å². The second-order valence-corrected chi connectivity index (χ2v) is 5.22. The molecular weight excluding hydrogens is 306 g/mol. The van der Waals surface area contributed by atoms with Gasteiger partial charge < -0.3 is 0 Å². The fourth-order valence-corrected chi connectivity index (χ4v) is 1.66.